The van der Waals surface area contributed by atoms with Crippen molar-refractivity contribution in [3.8, 4) is 22.8 Å². The van der Waals surface area contributed by atoms with E-state index in [1.54, 1.807) is 0 Å². The van der Waals surface area contributed by atoms with Gasteiger partial charge >= 0.3 is 0 Å². The van der Waals surface area contributed by atoms with Crippen molar-refractivity contribution in [2.75, 3.05) is 0 Å². The minimum Gasteiger partial charge on any atom is -0.489 e. The third kappa shape index (κ3) is 3.23. The molecule has 26 heavy (non-hydrogen) atoms. The SMILES string of the molecule is CCC(CC)Oc1c(C)cn(-c2c(C)cc(C)cc2C)c2nc(C)cc1-2. The van der Waals surface area contributed by atoms with Gasteiger partial charge in [-0.05, 0) is 64.7 Å². The quantitative estimate of drug-likeness (QED) is 0.557. The molecule has 0 spiro atoms. The zero-order chi connectivity index (χ0) is 19.0. The number of ether oxygens (including phenoxy) is 1. The molecule has 1 aromatic rings. The molecule has 0 saturated heterocycles. The fourth-order valence-electron chi connectivity index (χ4n) is 3.91. The van der Waals surface area contributed by atoms with Gasteiger partial charge in [0.2, 0.25) is 0 Å². The fourth-order valence-corrected chi connectivity index (χ4v) is 3.91. The van der Waals surface area contributed by atoms with Gasteiger partial charge < -0.3 is 9.30 Å². The zero-order valence-corrected chi connectivity index (χ0v) is 17.1. The molecule has 0 aliphatic carbocycles. The average Bonchev–Trinajstić information content (AvgIpc) is 2.95. The number of rotatable bonds is 5. The topological polar surface area (TPSA) is 27.1 Å². The van der Waals surface area contributed by atoms with E-state index in [0.29, 0.717) is 0 Å². The molecule has 3 heteroatoms. The standard InChI is InChI=1S/C23H30N2O/c1-8-19(9-2)26-22-17(6)13-25(23-20(22)12-18(7)24-23)21-15(4)10-14(3)11-16(21)5/h10-13,19H,8-9H2,1-7H3. The van der Waals surface area contributed by atoms with Gasteiger partial charge in [-0.25, -0.2) is 4.98 Å². The van der Waals surface area contributed by atoms with E-state index in [4.69, 9.17) is 9.72 Å². The zero-order valence-electron chi connectivity index (χ0n) is 17.1. The van der Waals surface area contributed by atoms with Gasteiger partial charge in [-0.3, -0.25) is 0 Å². The van der Waals surface area contributed by atoms with E-state index in [9.17, 15) is 0 Å². The summed E-state index contributed by atoms with van der Waals surface area (Å²) in [5.41, 5.74) is 8.32. The summed E-state index contributed by atoms with van der Waals surface area (Å²) in [4.78, 5) is 4.84. The summed E-state index contributed by atoms with van der Waals surface area (Å²) in [6.45, 7) is 15.0. The molecule has 0 fully saturated rings. The van der Waals surface area contributed by atoms with Crippen LogP contribution >= 0.6 is 0 Å². The molecule has 1 aromatic carbocycles. The predicted molar refractivity (Wildman–Crippen MR) is 109 cm³/mol. The first kappa shape index (κ1) is 18.5. The normalized spacial score (nSPS) is 11.5. The first-order chi connectivity index (χ1) is 12.3. The van der Waals surface area contributed by atoms with Gasteiger partial charge in [0.25, 0.3) is 0 Å². The lowest BCUT2D eigenvalue weighted by Gasteiger charge is -2.24. The van der Waals surface area contributed by atoms with Crippen LogP contribution in [-0.2, 0) is 0 Å². The van der Waals surface area contributed by atoms with Crippen LogP contribution in [-0.4, -0.2) is 15.7 Å². The van der Waals surface area contributed by atoms with E-state index < -0.39 is 0 Å². The fraction of sp³-hybridized carbons (Fsp3) is 0.435. The predicted octanol–water partition coefficient (Wildman–Crippen LogP) is 6.09. The van der Waals surface area contributed by atoms with Crippen LogP contribution in [0, 0.1) is 34.6 Å². The van der Waals surface area contributed by atoms with Gasteiger partial charge in [0.15, 0.2) is 0 Å². The van der Waals surface area contributed by atoms with Crippen LogP contribution in [0.15, 0.2) is 24.4 Å². The first-order valence-electron chi connectivity index (χ1n) is 9.59. The Bertz CT molecular complexity index is 880. The second-order valence-electron chi connectivity index (χ2n) is 7.45. The lowest BCUT2D eigenvalue weighted by molar-refractivity contribution is 0.192. The Morgan fingerprint density at radius 3 is 2.12 bits per heavy atom. The van der Waals surface area contributed by atoms with Crippen molar-refractivity contribution in [2.45, 2.75) is 67.4 Å². The highest BCUT2D eigenvalue weighted by Gasteiger charge is 2.23. The van der Waals surface area contributed by atoms with Crippen molar-refractivity contribution in [3.63, 3.8) is 0 Å². The summed E-state index contributed by atoms with van der Waals surface area (Å²) < 4.78 is 8.62. The summed E-state index contributed by atoms with van der Waals surface area (Å²) >= 11 is 0. The number of hydrogen-bond donors (Lipinski definition) is 0. The lowest BCUT2D eigenvalue weighted by atomic mass is 10.0. The Hall–Kier alpha value is -2.29. The van der Waals surface area contributed by atoms with Crippen LogP contribution in [0.4, 0.5) is 0 Å². The van der Waals surface area contributed by atoms with Gasteiger partial charge in [-0.15, -0.1) is 0 Å². The molecule has 0 unspecified atom stereocenters. The maximum atomic E-state index is 6.39. The third-order valence-corrected chi connectivity index (χ3v) is 5.10. The molecule has 0 saturated carbocycles. The van der Waals surface area contributed by atoms with Crippen molar-refractivity contribution >= 4 is 0 Å². The molecule has 0 aromatic heterocycles. The van der Waals surface area contributed by atoms with Gasteiger partial charge in [-0.1, -0.05) is 31.5 Å². The van der Waals surface area contributed by atoms with Crippen molar-refractivity contribution in [2.24, 2.45) is 0 Å². The highest BCUT2D eigenvalue weighted by atomic mass is 16.5. The molecule has 2 heterocycles. The number of hydrogen-bond acceptors (Lipinski definition) is 2. The van der Waals surface area contributed by atoms with Crippen LogP contribution in [0.2, 0.25) is 0 Å². The molecule has 3 nitrogen and oxygen atoms in total. The molecule has 0 atom stereocenters. The maximum Gasteiger partial charge on any atom is 0.148 e. The van der Waals surface area contributed by atoms with Gasteiger partial charge in [0.1, 0.15) is 11.6 Å². The van der Waals surface area contributed by atoms with Crippen LogP contribution in [0.1, 0.15) is 54.6 Å². The molecular formula is C23H30N2O. The summed E-state index contributed by atoms with van der Waals surface area (Å²) in [6.07, 6.45) is 4.44. The van der Waals surface area contributed by atoms with Crippen molar-refractivity contribution in [3.05, 3.63) is 52.3 Å². The monoisotopic (exact) mass is 350 g/mol. The minimum atomic E-state index is 0.241. The van der Waals surface area contributed by atoms with Crippen molar-refractivity contribution in [1.29, 1.82) is 0 Å². The molecule has 2 aliphatic heterocycles. The molecule has 0 N–H and O–H groups in total. The molecule has 3 rings (SSSR count). The highest BCUT2D eigenvalue weighted by molar-refractivity contribution is 5.72. The highest BCUT2D eigenvalue weighted by Crippen LogP contribution is 2.39. The summed E-state index contributed by atoms with van der Waals surface area (Å²) in [5.74, 6) is 1.96. The molecule has 2 aliphatic rings. The second-order valence-corrected chi connectivity index (χ2v) is 7.45. The average molecular weight is 351 g/mol. The van der Waals surface area contributed by atoms with E-state index in [1.807, 2.05) is 0 Å². The Balaban J connectivity index is 2.24. The maximum absolute atomic E-state index is 6.39. The Morgan fingerprint density at radius 1 is 0.923 bits per heavy atom. The molecule has 0 radical (unpaired) electrons. The number of benzene rings is 1. The minimum absolute atomic E-state index is 0.241. The van der Waals surface area contributed by atoms with E-state index in [1.165, 1.54) is 22.4 Å². The Labute approximate surface area is 157 Å². The number of pyridine rings is 1. The smallest absolute Gasteiger partial charge is 0.148 e. The van der Waals surface area contributed by atoms with Crippen molar-refractivity contribution in [1.82, 2.24) is 9.55 Å². The van der Waals surface area contributed by atoms with E-state index in [-0.39, 0.29) is 6.10 Å². The largest absolute Gasteiger partial charge is 0.489 e. The summed E-state index contributed by atoms with van der Waals surface area (Å²) in [7, 11) is 0. The van der Waals surface area contributed by atoms with Gasteiger partial charge in [0.05, 0.1) is 17.4 Å². The van der Waals surface area contributed by atoms with Crippen LogP contribution in [0.25, 0.3) is 17.1 Å². The van der Waals surface area contributed by atoms with E-state index >= 15 is 0 Å². The summed E-state index contributed by atoms with van der Waals surface area (Å²) in [6, 6.07) is 6.62. The summed E-state index contributed by atoms with van der Waals surface area (Å²) in [5, 5.41) is 0. The first-order valence-corrected chi connectivity index (χ1v) is 9.59. The second kappa shape index (κ2) is 7.14. The number of fused-ring (bicyclic) bond motifs is 1. The lowest BCUT2D eigenvalue weighted by Crippen LogP contribution is -2.16. The Morgan fingerprint density at radius 2 is 1.54 bits per heavy atom. The van der Waals surface area contributed by atoms with Crippen molar-refractivity contribution < 1.29 is 4.74 Å². The number of nitrogens with zero attached hydrogens (tertiary/aromatic N) is 2. The van der Waals surface area contributed by atoms with E-state index in [2.05, 4.69) is 77.4 Å². The molecular weight excluding hydrogens is 320 g/mol. The van der Waals surface area contributed by atoms with Gasteiger partial charge in [0, 0.05) is 17.5 Å². The third-order valence-electron chi connectivity index (χ3n) is 5.10. The Kier molecular flexibility index (Phi) is 5.08. The van der Waals surface area contributed by atoms with Crippen LogP contribution in [0.3, 0.4) is 0 Å². The van der Waals surface area contributed by atoms with Gasteiger partial charge in [-0.2, -0.15) is 0 Å². The number of aromatic nitrogens is 2. The number of aryl methyl sites for hydroxylation is 5. The molecule has 0 bridgehead atoms. The van der Waals surface area contributed by atoms with Crippen LogP contribution in [0.5, 0.6) is 5.75 Å². The molecule has 0 amide bonds. The van der Waals surface area contributed by atoms with Crippen LogP contribution < -0.4 is 4.74 Å². The van der Waals surface area contributed by atoms with E-state index in [0.717, 1.165) is 41.2 Å². The molecule has 138 valence electrons.